The lowest BCUT2D eigenvalue weighted by molar-refractivity contribution is 0.0271. The first-order valence-corrected chi connectivity index (χ1v) is 13.2. The number of fused-ring (bicyclic) bond motifs is 2. The van der Waals surface area contributed by atoms with E-state index in [2.05, 4.69) is 32.1 Å². The quantitative estimate of drug-likeness (QED) is 0.471. The molecule has 3 saturated heterocycles. The van der Waals surface area contributed by atoms with Crippen molar-refractivity contribution in [2.45, 2.75) is 24.5 Å². The van der Waals surface area contributed by atoms with Crippen molar-refractivity contribution in [2.24, 2.45) is 0 Å². The van der Waals surface area contributed by atoms with Gasteiger partial charge in [-0.25, -0.2) is 14.4 Å². The number of nitrogens with one attached hydrogen (secondary N) is 1. The van der Waals surface area contributed by atoms with Crippen LogP contribution < -0.4 is 19.7 Å². The van der Waals surface area contributed by atoms with E-state index in [9.17, 15) is 4.39 Å². The molecule has 0 amide bonds. The second-order valence-electron chi connectivity index (χ2n) is 9.69. The largest absolute Gasteiger partial charge is 0.493 e. The Labute approximate surface area is 229 Å². The molecule has 2 aromatic carbocycles. The number of methoxy groups -OCH3 is 1. The van der Waals surface area contributed by atoms with Gasteiger partial charge < -0.3 is 34.1 Å². The highest BCUT2D eigenvalue weighted by atomic mass is 35.5. The van der Waals surface area contributed by atoms with Gasteiger partial charge in [-0.15, -0.1) is 0 Å². The van der Waals surface area contributed by atoms with E-state index >= 15 is 0 Å². The molecule has 3 fully saturated rings. The highest BCUT2D eigenvalue weighted by Crippen LogP contribution is 2.41. The normalized spacial score (nSPS) is 25.6. The molecule has 4 atom stereocenters. The van der Waals surface area contributed by atoms with Gasteiger partial charge in [-0.2, -0.15) is 0 Å². The number of alkyl halides is 1. The number of aromatic nitrogens is 2. The molecule has 0 radical (unpaired) electrons. The maximum absolute atomic E-state index is 14.0. The third-order valence-electron chi connectivity index (χ3n) is 7.31. The number of halogens is 3. The summed E-state index contributed by atoms with van der Waals surface area (Å²) in [6, 6.07) is 7.44. The summed E-state index contributed by atoms with van der Waals surface area (Å²) in [6.07, 6.45) is -1.22. The molecule has 1 N–H and O–H groups in total. The van der Waals surface area contributed by atoms with Gasteiger partial charge in [0.1, 0.15) is 24.4 Å². The van der Waals surface area contributed by atoms with E-state index in [1.54, 1.807) is 19.2 Å². The van der Waals surface area contributed by atoms with Crippen LogP contribution in [-0.2, 0) is 9.47 Å². The van der Waals surface area contributed by atoms with E-state index in [1.165, 1.54) is 6.33 Å². The highest BCUT2D eigenvalue weighted by molar-refractivity contribution is 6.45. The van der Waals surface area contributed by atoms with Crippen molar-refractivity contribution in [2.75, 3.05) is 63.8 Å². The molecule has 1 unspecified atom stereocenters. The van der Waals surface area contributed by atoms with Gasteiger partial charge in [-0.1, -0.05) is 23.2 Å². The lowest BCUT2D eigenvalue weighted by atomic mass is 10.1. The Morgan fingerprint density at radius 3 is 2.58 bits per heavy atom. The van der Waals surface area contributed by atoms with E-state index < -0.39 is 24.5 Å². The molecular weight excluding hydrogens is 536 g/mol. The molecule has 3 aromatic rings. The predicted molar refractivity (Wildman–Crippen MR) is 144 cm³/mol. The predicted octanol–water partition coefficient (Wildman–Crippen LogP) is 4.32. The van der Waals surface area contributed by atoms with Crippen LogP contribution in [0.1, 0.15) is 0 Å². The number of hydrogen-bond donors (Lipinski definition) is 1. The van der Waals surface area contributed by atoms with Gasteiger partial charge in [0, 0.05) is 37.6 Å². The Morgan fingerprint density at radius 1 is 1.00 bits per heavy atom. The van der Waals surface area contributed by atoms with E-state index in [-0.39, 0.29) is 13.2 Å². The van der Waals surface area contributed by atoms with E-state index in [1.807, 2.05) is 12.1 Å². The second kappa shape index (κ2) is 10.5. The number of ether oxygens (including phenoxy) is 4. The Balaban J connectivity index is 1.26. The van der Waals surface area contributed by atoms with Gasteiger partial charge in [0.25, 0.3) is 0 Å². The summed E-state index contributed by atoms with van der Waals surface area (Å²) in [5, 5.41) is 4.91. The number of nitrogens with zero attached hydrogens (tertiary/aromatic N) is 4. The molecule has 6 rings (SSSR count). The smallest absolute Gasteiger partial charge is 0.164 e. The van der Waals surface area contributed by atoms with Crippen LogP contribution in [0.2, 0.25) is 10.0 Å². The molecule has 0 bridgehead atoms. The summed E-state index contributed by atoms with van der Waals surface area (Å²) in [6.45, 7) is 3.94. The molecule has 38 heavy (non-hydrogen) atoms. The molecule has 202 valence electrons. The third kappa shape index (κ3) is 4.69. The van der Waals surface area contributed by atoms with Crippen molar-refractivity contribution in [1.82, 2.24) is 14.9 Å². The zero-order chi connectivity index (χ0) is 26.4. The first kappa shape index (κ1) is 25.6. The summed E-state index contributed by atoms with van der Waals surface area (Å²) in [7, 11) is 3.66. The first-order chi connectivity index (χ1) is 18.4. The minimum atomic E-state index is -1.15. The van der Waals surface area contributed by atoms with Crippen molar-refractivity contribution in [3.05, 3.63) is 40.6 Å². The van der Waals surface area contributed by atoms with Crippen LogP contribution in [0.5, 0.6) is 11.5 Å². The molecular formula is C26H28Cl2FN5O4. The van der Waals surface area contributed by atoms with Crippen LogP contribution in [0.15, 0.2) is 30.6 Å². The summed E-state index contributed by atoms with van der Waals surface area (Å²) < 4.78 is 36.9. The Hall–Kier alpha value is -2.63. The molecule has 1 aromatic heterocycles. The maximum Gasteiger partial charge on any atom is 0.164 e. The molecule has 12 heteroatoms. The highest BCUT2D eigenvalue weighted by Gasteiger charge is 2.49. The lowest BCUT2D eigenvalue weighted by Gasteiger charge is -2.34. The SMILES string of the molecule is COc1cc2c(Nc3ccc(N4CCN(C)CC4)c(Cl)c3Cl)ncnc2cc1OC1CO[C@H]2[C@H](F)CO[C@@H]12. The zero-order valence-corrected chi connectivity index (χ0v) is 22.5. The van der Waals surface area contributed by atoms with Gasteiger partial charge >= 0.3 is 0 Å². The fraction of sp³-hybridized carbons (Fsp3) is 0.462. The second-order valence-corrected chi connectivity index (χ2v) is 10.4. The summed E-state index contributed by atoms with van der Waals surface area (Å²) in [5.41, 5.74) is 2.16. The van der Waals surface area contributed by atoms with E-state index in [0.29, 0.717) is 44.0 Å². The summed E-state index contributed by atoms with van der Waals surface area (Å²) in [5.74, 6) is 1.47. The van der Waals surface area contributed by atoms with Crippen LogP contribution in [0, 0.1) is 0 Å². The Morgan fingerprint density at radius 2 is 1.79 bits per heavy atom. The Bertz CT molecular complexity index is 1340. The van der Waals surface area contributed by atoms with Crippen LogP contribution in [0.4, 0.5) is 21.6 Å². The molecule has 0 saturated carbocycles. The zero-order valence-electron chi connectivity index (χ0n) is 21.0. The van der Waals surface area contributed by atoms with Crippen LogP contribution in [-0.4, -0.2) is 92.9 Å². The number of hydrogen-bond acceptors (Lipinski definition) is 9. The lowest BCUT2D eigenvalue weighted by Crippen LogP contribution is -2.44. The van der Waals surface area contributed by atoms with Gasteiger partial charge in [0.2, 0.25) is 0 Å². The topological polar surface area (TPSA) is 81.2 Å². The fourth-order valence-electron chi connectivity index (χ4n) is 5.15. The average molecular weight is 564 g/mol. The Kier molecular flexibility index (Phi) is 7.09. The van der Waals surface area contributed by atoms with E-state index in [0.717, 1.165) is 31.9 Å². The average Bonchev–Trinajstić information content (AvgIpc) is 3.50. The van der Waals surface area contributed by atoms with Crippen molar-refractivity contribution >= 4 is 51.3 Å². The van der Waals surface area contributed by atoms with Crippen LogP contribution in [0.3, 0.4) is 0 Å². The fourth-order valence-corrected chi connectivity index (χ4v) is 5.64. The standard InChI is InChI=1S/C26H28Cl2FN5O4/c1-33-5-7-34(8-6-33)18-4-3-16(22(27)23(18)28)32-26-14-9-19(35-2)20(10-17(14)30-13-31-26)38-21-12-37-24-15(29)11-36-25(21)24/h3-4,9-10,13,15,21,24-25H,5-8,11-12H2,1-2H3,(H,30,31,32)/t15-,21?,24+,25+/m1/s1. The molecule has 3 aliphatic heterocycles. The van der Waals surface area contributed by atoms with Crippen LogP contribution in [0.25, 0.3) is 10.9 Å². The number of piperazine rings is 1. The van der Waals surface area contributed by atoms with Gasteiger partial charge in [0.05, 0.1) is 47.3 Å². The van der Waals surface area contributed by atoms with Gasteiger partial charge in [-0.05, 0) is 25.2 Å². The van der Waals surface area contributed by atoms with Crippen molar-refractivity contribution < 1.29 is 23.3 Å². The van der Waals surface area contributed by atoms with Crippen molar-refractivity contribution in [3.8, 4) is 11.5 Å². The summed E-state index contributed by atoms with van der Waals surface area (Å²) >= 11 is 13.4. The van der Waals surface area contributed by atoms with Gasteiger partial charge in [-0.3, -0.25) is 0 Å². The monoisotopic (exact) mass is 563 g/mol. The molecule has 0 aliphatic carbocycles. The maximum atomic E-state index is 14.0. The minimum absolute atomic E-state index is 0.00916. The molecule has 3 aliphatic rings. The number of anilines is 3. The van der Waals surface area contributed by atoms with Crippen molar-refractivity contribution in [3.63, 3.8) is 0 Å². The number of rotatable bonds is 6. The summed E-state index contributed by atoms with van der Waals surface area (Å²) in [4.78, 5) is 13.4. The van der Waals surface area contributed by atoms with Gasteiger partial charge in [0.15, 0.2) is 23.8 Å². The molecule has 4 heterocycles. The van der Waals surface area contributed by atoms with E-state index in [4.69, 9.17) is 42.1 Å². The molecule has 9 nitrogen and oxygen atoms in total. The number of likely N-dealkylation sites (N-methyl/N-ethyl adjacent to an activating group) is 1. The number of benzene rings is 2. The van der Waals surface area contributed by atoms with Crippen LogP contribution >= 0.6 is 23.2 Å². The minimum Gasteiger partial charge on any atom is -0.493 e. The first-order valence-electron chi connectivity index (χ1n) is 12.5. The third-order valence-corrected chi connectivity index (χ3v) is 8.18. The molecule has 0 spiro atoms. The van der Waals surface area contributed by atoms with Crippen molar-refractivity contribution in [1.29, 1.82) is 0 Å².